The summed E-state index contributed by atoms with van der Waals surface area (Å²) >= 11 is 5.07. The highest BCUT2D eigenvalue weighted by atomic mass is 79.9. The summed E-state index contributed by atoms with van der Waals surface area (Å²) in [5.41, 5.74) is 12.7. The summed E-state index contributed by atoms with van der Waals surface area (Å²) < 4.78 is 1.08. The third-order valence-corrected chi connectivity index (χ3v) is 3.63. The molecule has 4 N–H and O–H groups in total. The number of nitrogen functional groups attached to an aromatic ring is 2. The Balaban J connectivity index is 2.20. The van der Waals surface area contributed by atoms with Gasteiger partial charge in [0, 0.05) is 14.3 Å². The first-order valence-electron chi connectivity index (χ1n) is 4.73. The lowest BCUT2D eigenvalue weighted by atomic mass is 10.3. The summed E-state index contributed by atoms with van der Waals surface area (Å²) in [6, 6.07) is 13.8. The number of benzene rings is 2. The Bertz CT molecular complexity index is 497. The monoisotopic (exact) mass is 294 g/mol. The van der Waals surface area contributed by atoms with Gasteiger partial charge in [-0.05, 0) is 42.5 Å². The van der Waals surface area contributed by atoms with Gasteiger partial charge in [0.1, 0.15) is 0 Å². The Morgan fingerprint density at radius 3 is 2.06 bits per heavy atom. The fourth-order valence-corrected chi connectivity index (χ4v) is 2.39. The highest BCUT2D eigenvalue weighted by Crippen LogP contribution is 2.31. The number of hydrogen-bond acceptors (Lipinski definition) is 3. The fourth-order valence-electron chi connectivity index (χ4n) is 1.26. The third kappa shape index (κ3) is 2.71. The maximum atomic E-state index is 5.75. The Morgan fingerprint density at radius 1 is 0.812 bits per heavy atom. The molecule has 0 radical (unpaired) electrons. The number of halogens is 1. The van der Waals surface area contributed by atoms with E-state index in [9.17, 15) is 0 Å². The molecular formula is C12H11BrN2S. The quantitative estimate of drug-likeness (QED) is 0.829. The molecule has 4 heteroatoms. The van der Waals surface area contributed by atoms with E-state index in [1.54, 1.807) is 11.8 Å². The lowest BCUT2D eigenvalue weighted by molar-refractivity contribution is 1.40. The van der Waals surface area contributed by atoms with E-state index in [-0.39, 0.29) is 0 Å². The van der Waals surface area contributed by atoms with Crippen molar-refractivity contribution in [3.05, 3.63) is 46.9 Å². The van der Waals surface area contributed by atoms with Gasteiger partial charge in [0.2, 0.25) is 0 Å². The minimum Gasteiger partial charge on any atom is -0.397 e. The van der Waals surface area contributed by atoms with Crippen molar-refractivity contribution >= 4 is 39.1 Å². The van der Waals surface area contributed by atoms with Crippen molar-refractivity contribution in [1.29, 1.82) is 0 Å². The predicted octanol–water partition coefficient (Wildman–Crippen LogP) is 3.76. The number of anilines is 2. The second-order valence-electron chi connectivity index (χ2n) is 3.35. The van der Waals surface area contributed by atoms with Gasteiger partial charge >= 0.3 is 0 Å². The molecular weight excluding hydrogens is 284 g/mol. The van der Waals surface area contributed by atoms with Crippen molar-refractivity contribution in [2.24, 2.45) is 0 Å². The molecule has 2 rings (SSSR count). The smallest absolute Gasteiger partial charge is 0.0559 e. The highest BCUT2D eigenvalue weighted by molar-refractivity contribution is 9.10. The molecule has 2 aromatic rings. The summed E-state index contributed by atoms with van der Waals surface area (Å²) in [6.07, 6.45) is 0. The minimum absolute atomic E-state index is 0.625. The van der Waals surface area contributed by atoms with Crippen LogP contribution in [0.3, 0.4) is 0 Å². The van der Waals surface area contributed by atoms with Crippen molar-refractivity contribution in [1.82, 2.24) is 0 Å². The van der Waals surface area contributed by atoms with E-state index in [0.29, 0.717) is 11.4 Å². The van der Waals surface area contributed by atoms with E-state index in [1.165, 1.54) is 4.90 Å². The number of hydrogen-bond donors (Lipinski definition) is 2. The second-order valence-corrected chi connectivity index (χ2v) is 5.41. The average Bonchev–Trinajstić information content (AvgIpc) is 2.27. The van der Waals surface area contributed by atoms with Crippen LogP contribution in [0.15, 0.2) is 56.7 Å². The predicted molar refractivity (Wildman–Crippen MR) is 73.5 cm³/mol. The first kappa shape index (κ1) is 11.4. The molecule has 0 bridgehead atoms. The average molecular weight is 295 g/mol. The summed E-state index contributed by atoms with van der Waals surface area (Å²) in [4.78, 5) is 2.27. The first-order chi connectivity index (χ1) is 7.65. The van der Waals surface area contributed by atoms with E-state index < -0.39 is 0 Å². The third-order valence-electron chi connectivity index (χ3n) is 2.11. The van der Waals surface area contributed by atoms with Crippen LogP contribution in [0.1, 0.15) is 0 Å². The molecule has 0 atom stereocenters. The van der Waals surface area contributed by atoms with Gasteiger partial charge in [0.05, 0.1) is 11.4 Å². The fraction of sp³-hybridized carbons (Fsp3) is 0. The largest absolute Gasteiger partial charge is 0.397 e. The summed E-state index contributed by atoms with van der Waals surface area (Å²) in [5.74, 6) is 0. The minimum atomic E-state index is 0.625. The van der Waals surface area contributed by atoms with Crippen LogP contribution in [0.5, 0.6) is 0 Å². The lowest BCUT2D eigenvalue weighted by Crippen LogP contribution is -1.93. The molecule has 0 aliphatic rings. The standard InChI is InChI=1S/C12H11BrN2S/c13-8-1-3-9(4-2-8)16-10-5-6-11(14)12(15)7-10/h1-7H,14-15H2. The van der Waals surface area contributed by atoms with Gasteiger partial charge in [-0.25, -0.2) is 0 Å². The van der Waals surface area contributed by atoms with Gasteiger partial charge in [-0.1, -0.05) is 27.7 Å². The van der Waals surface area contributed by atoms with Gasteiger partial charge in [-0.3, -0.25) is 0 Å². The van der Waals surface area contributed by atoms with Crippen LogP contribution in [-0.4, -0.2) is 0 Å². The van der Waals surface area contributed by atoms with E-state index in [0.717, 1.165) is 9.37 Å². The van der Waals surface area contributed by atoms with Gasteiger partial charge in [-0.2, -0.15) is 0 Å². The molecule has 0 aliphatic carbocycles. The molecule has 0 aromatic heterocycles. The molecule has 0 unspecified atom stereocenters. The zero-order chi connectivity index (χ0) is 11.5. The Morgan fingerprint density at radius 2 is 1.44 bits per heavy atom. The van der Waals surface area contributed by atoms with E-state index in [2.05, 4.69) is 28.1 Å². The molecule has 82 valence electrons. The zero-order valence-electron chi connectivity index (χ0n) is 8.48. The second kappa shape index (κ2) is 4.80. The molecule has 2 nitrogen and oxygen atoms in total. The van der Waals surface area contributed by atoms with Crippen LogP contribution in [0.25, 0.3) is 0 Å². The molecule has 16 heavy (non-hydrogen) atoms. The van der Waals surface area contributed by atoms with Crippen molar-refractivity contribution in [2.75, 3.05) is 11.5 Å². The Hall–Kier alpha value is -1.13. The maximum absolute atomic E-state index is 5.75. The molecule has 0 saturated heterocycles. The summed E-state index contributed by atoms with van der Waals surface area (Å²) in [7, 11) is 0. The molecule has 0 saturated carbocycles. The van der Waals surface area contributed by atoms with Crippen LogP contribution >= 0.6 is 27.7 Å². The Labute approximate surface area is 107 Å². The van der Waals surface area contributed by atoms with Crippen LogP contribution in [0.4, 0.5) is 11.4 Å². The van der Waals surface area contributed by atoms with Crippen LogP contribution in [-0.2, 0) is 0 Å². The van der Waals surface area contributed by atoms with E-state index in [1.807, 2.05) is 30.3 Å². The van der Waals surface area contributed by atoms with Gasteiger partial charge in [-0.15, -0.1) is 0 Å². The lowest BCUT2D eigenvalue weighted by Gasteiger charge is -2.04. The van der Waals surface area contributed by atoms with Gasteiger partial charge in [0.25, 0.3) is 0 Å². The van der Waals surface area contributed by atoms with Crippen molar-refractivity contribution < 1.29 is 0 Å². The van der Waals surface area contributed by atoms with E-state index in [4.69, 9.17) is 11.5 Å². The Kier molecular flexibility index (Phi) is 3.41. The van der Waals surface area contributed by atoms with Gasteiger partial charge in [0.15, 0.2) is 0 Å². The summed E-state index contributed by atoms with van der Waals surface area (Å²) in [5, 5.41) is 0. The maximum Gasteiger partial charge on any atom is 0.0559 e. The zero-order valence-corrected chi connectivity index (χ0v) is 10.9. The highest BCUT2D eigenvalue weighted by Gasteiger charge is 2.00. The SMILES string of the molecule is Nc1ccc(Sc2ccc(Br)cc2)cc1N. The van der Waals surface area contributed by atoms with Gasteiger partial charge < -0.3 is 11.5 Å². The topological polar surface area (TPSA) is 52.0 Å². The molecule has 0 spiro atoms. The van der Waals surface area contributed by atoms with Crippen molar-refractivity contribution in [2.45, 2.75) is 9.79 Å². The van der Waals surface area contributed by atoms with Crippen LogP contribution < -0.4 is 11.5 Å². The van der Waals surface area contributed by atoms with Crippen LogP contribution in [0, 0.1) is 0 Å². The molecule has 0 amide bonds. The van der Waals surface area contributed by atoms with Crippen molar-refractivity contribution in [3.63, 3.8) is 0 Å². The number of rotatable bonds is 2. The molecule has 0 fully saturated rings. The molecule has 2 aromatic carbocycles. The van der Waals surface area contributed by atoms with Crippen LogP contribution in [0.2, 0.25) is 0 Å². The first-order valence-corrected chi connectivity index (χ1v) is 6.34. The summed E-state index contributed by atoms with van der Waals surface area (Å²) in [6.45, 7) is 0. The van der Waals surface area contributed by atoms with Crippen molar-refractivity contribution in [3.8, 4) is 0 Å². The van der Waals surface area contributed by atoms with E-state index >= 15 is 0 Å². The molecule has 0 aliphatic heterocycles. The molecule has 0 heterocycles. The number of nitrogens with two attached hydrogens (primary N) is 2. The normalized spacial score (nSPS) is 10.3.